The van der Waals surface area contributed by atoms with Gasteiger partial charge < -0.3 is 10.1 Å². The lowest BCUT2D eigenvalue weighted by molar-refractivity contribution is -0.198. The Hall–Kier alpha value is -2.52. The molecule has 0 aliphatic carbocycles. The summed E-state index contributed by atoms with van der Waals surface area (Å²) in [6.45, 7) is 3.52. The van der Waals surface area contributed by atoms with Crippen LogP contribution in [0.4, 0.5) is 5.82 Å². The van der Waals surface area contributed by atoms with Gasteiger partial charge in [-0.1, -0.05) is 17.7 Å². The molecule has 33 heavy (non-hydrogen) atoms. The summed E-state index contributed by atoms with van der Waals surface area (Å²) < 4.78 is 5.41. The number of halogens is 1. The number of hydrogen-bond donors (Lipinski definition) is 2. The van der Waals surface area contributed by atoms with Crippen molar-refractivity contribution in [2.24, 2.45) is 0 Å². The van der Waals surface area contributed by atoms with Crippen molar-refractivity contribution in [1.82, 2.24) is 20.3 Å². The fourth-order valence-corrected chi connectivity index (χ4v) is 4.16. The van der Waals surface area contributed by atoms with Crippen LogP contribution in [-0.4, -0.2) is 52.8 Å². The summed E-state index contributed by atoms with van der Waals surface area (Å²) in [5, 5.41) is 3.99. The second kappa shape index (κ2) is 12.1. The predicted octanol–water partition coefficient (Wildman–Crippen LogP) is 3.79. The van der Waals surface area contributed by atoms with Crippen LogP contribution in [0.3, 0.4) is 0 Å². The van der Waals surface area contributed by atoms with Crippen molar-refractivity contribution in [3.05, 3.63) is 59.0 Å². The molecule has 0 aromatic carbocycles. The van der Waals surface area contributed by atoms with Gasteiger partial charge in [0.25, 0.3) is 5.91 Å². The molecule has 1 atom stereocenters. The zero-order valence-electron chi connectivity index (χ0n) is 18.6. The van der Waals surface area contributed by atoms with Gasteiger partial charge in [0.2, 0.25) is 0 Å². The maximum atomic E-state index is 12.0. The van der Waals surface area contributed by atoms with E-state index < -0.39 is 0 Å². The highest BCUT2D eigenvalue weighted by molar-refractivity contribution is 6.33. The van der Waals surface area contributed by atoms with Crippen molar-refractivity contribution >= 4 is 29.4 Å². The van der Waals surface area contributed by atoms with Crippen LogP contribution in [-0.2, 0) is 20.9 Å². The Morgan fingerprint density at radius 2 is 2.12 bits per heavy atom. The molecular formula is C24H30ClN5O3. The standard InChI is InChI=1S/C24H30ClN5O3/c25-21-15-18(7-8-22(31)29-33-23-6-2-4-14-32-23)16-27-24(21)28-19-9-12-30(13-10-19)17-20-5-1-3-11-26-20/h1,3,5,7-8,11,15-16,19,23H,2,4,6,9-10,12-14,17H2,(H,27,28)(H,29,31)/b8-7+. The van der Waals surface area contributed by atoms with Crippen molar-refractivity contribution in [3.63, 3.8) is 0 Å². The molecule has 2 N–H and O–H groups in total. The highest BCUT2D eigenvalue weighted by Gasteiger charge is 2.20. The van der Waals surface area contributed by atoms with Gasteiger partial charge in [0.05, 0.1) is 10.7 Å². The van der Waals surface area contributed by atoms with E-state index in [1.54, 1.807) is 18.3 Å². The van der Waals surface area contributed by atoms with Gasteiger partial charge in [-0.15, -0.1) is 0 Å². The Morgan fingerprint density at radius 3 is 2.85 bits per heavy atom. The average Bonchev–Trinajstić information content (AvgIpc) is 2.85. The van der Waals surface area contributed by atoms with Gasteiger partial charge in [0.1, 0.15) is 5.82 Å². The molecular weight excluding hydrogens is 442 g/mol. The number of carbonyl (C=O) groups is 1. The first-order valence-electron chi connectivity index (χ1n) is 11.5. The molecule has 0 radical (unpaired) electrons. The van der Waals surface area contributed by atoms with Crippen molar-refractivity contribution in [1.29, 1.82) is 0 Å². The SMILES string of the molecule is O=C(/C=C/c1cnc(NC2CCN(Cc3ccccn3)CC2)c(Cl)c1)NOC1CCCCO1. The second-order valence-electron chi connectivity index (χ2n) is 8.33. The van der Waals surface area contributed by atoms with Gasteiger partial charge in [-0.05, 0) is 55.5 Å². The number of ether oxygens (including phenoxy) is 1. The van der Waals surface area contributed by atoms with Crippen molar-refractivity contribution < 1.29 is 14.4 Å². The van der Waals surface area contributed by atoms with Crippen LogP contribution in [0.1, 0.15) is 43.4 Å². The molecule has 2 saturated heterocycles. The zero-order chi connectivity index (χ0) is 22.9. The van der Waals surface area contributed by atoms with Crippen LogP contribution < -0.4 is 10.8 Å². The van der Waals surface area contributed by atoms with Crippen molar-refractivity contribution in [2.45, 2.75) is 51.0 Å². The molecule has 4 heterocycles. The number of amides is 1. The minimum atomic E-state index is -0.376. The number of aromatic nitrogens is 2. The molecule has 9 heteroatoms. The molecule has 2 aromatic rings. The van der Waals surface area contributed by atoms with E-state index in [1.165, 1.54) is 6.08 Å². The number of anilines is 1. The smallest absolute Gasteiger partial charge is 0.267 e. The Kier molecular flexibility index (Phi) is 8.65. The average molecular weight is 472 g/mol. The number of nitrogens with one attached hydrogen (secondary N) is 2. The summed E-state index contributed by atoms with van der Waals surface area (Å²) in [5.41, 5.74) is 4.23. The monoisotopic (exact) mass is 471 g/mol. The van der Waals surface area contributed by atoms with E-state index >= 15 is 0 Å². The highest BCUT2D eigenvalue weighted by atomic mass is 35.5. The van der Waals surface area contributed by atoms with E-state index in [4.69, 9.17) is 21.2 Å². The first-order chi connectivity index (χ1) is 16.2. The van der Waals surface area contributed by atoms with Gasteiger partial charge in [-0.2, -0.15) is 0 Å². The fraction of sp³-hybridized carbons (Fsp3) is 0.458. The van der Waals surface area contributed by atoms with Gasteiger partial charge in [-0.3, -0.25) is 14.7 Å². The molecule has 2 aliphatic heterocycles. The minimum absolute atomic E-state index is 0.321. The summed E-state index contributed by atoms with van der Waals surface area (Å²) in [4.78, 5) is 28.5. The number of nitrogens with zero attached hydrogens (tertiary/aromatic N) is 3. The summed E-state index contributed by atoms with van der Waals surface area (Å²) in [6.07, 6.45) is 11.1. The van der Waals surface area contributed by atoms with E-state index in [1.807, 2.05) is 18.3 Å². The maximum Gasteiger partial charge on any atom is 0.267 e. The predicted molar refractivity (Wildman–Crippen MR) is 127 cm³/mol. The molecule has 1 amide bonds. The maximum absolute atomic E-state index is 12.0. The molecule has 0 saturated carbocycles. The van der Waals surface area contributed by atoms with Crippen molar-refractivity contribution in [3.8, 4) is 0 Å². The van der Waals surface area contributed by atoms with E-state index in [9.17, 15) is 4.79 Å². The topological polar surface area (TPSA) is 88.6 Å². The molecule has 2 aliphatic rings. The lowest BCUT2D eigenvalue weighted by atomic mass is 10.0. The first-order valence-corrected chi connectivity index (χ1v) is 11.8. The van der Waals surface area contributed by atoms with Crippen molar-refractivity contribution in [2.75, 3.05) is 25.0 Å². The highest BCUT2D eigenvalue weighted by Crippen LogP contribution is 2.24. The third-order valence-electron chi connectivity index (χ3n) is 5.76. The third-order valence-corrected chi connectivity index (χ3v) is 6.05. The Bertz CT molecular complexity index is 929. The third kappa shape index (κ3) is 7.50. The number of hydrogen-bond acceptors (Lipinski definition) is 7. The second-order valence-corrected chi connectivity index (χ2v) is 8.74. The first kappa shape index (κ1) is 23.6. The normalized spacial score (nSPS) is 20.1. The van der Waals surface area contributed by atoms with Gasteiger partial charge in [-0.25, -0.2) is 15.3 Å². The molecule has 8 nitrogen and oxygen atoms in total. The van der Waals surface area contributed by atoms with Crippen LogP contribution in [0.5, 0.6) is 0 Å². The Labute approximate surface area is 199 Å². The number of piperidine rings is 1. The zero-order valence-corrected chi connectivity index (χ0v) is 19.3. The minimum Gasteiger partial charge on any atom is -0.366 e. The van der Waals surface area contributed by atoms with E-state index in [0.29, 0.717) is 23.5 Å². The van der Waals surface area contributed by atoms with Crippen LogP contribution in [0, 0.1) is 0 Å². The largest absolute Gasteiger partial charge is 0.366 e. The molecule has 4 rings (SSSR count). The Balaban J connectivity index is 1.21. The molecule has 2 aromatic heterocycles. The summed E-state index contributed by atoms with van der Waals surface area (Å²) in [6, 6.07) is 8.14. The number of likely N-dealkylation sites (tertiary alicyclic amines) is 1. The van der Waals surface area contributed by atoms with Crippen LogP contribution in [0.25, 0.3) is 6.08 Å². The van der Waals surface area contributed by atoms with E-state index in [0.717, 1.165) is 63.0 Å². The van der Waals surface area contributed by atoms with E-state index in [2.05, 4.69) is 31.7 Å². The van der Waals surface area contributed by atoms with Crippen LogP contribution in [0.15, 0.2) is 42.7 Å². The van der Waals surface area contributed by atoms with E-state index in [-0.39, 0.29) is 12.2 Å². The summed E-state index contributed by atoms with van der Waals surface area (Å²) in [7, 11) is 0. The molecule has 2 fully saturated rings. The summed E-state index contributed by atoms with van der Waals surface area (Å²) in [5.74, 6) is 0.305. The van der Waals surface area contributed by atoms with Gasteiger partial charge in [0.15, 0.2) is 6.29 Å². The molecule has 0 bridgehead atoms. The summed E-state index contributed by atoms with van der Waals surface area (Å²) >= 11 is 6.44. The lowest BCUT2D eigenvalue weighted by Gasteiger charge is -2.32. The lowest BCUT2D eigenvalue weighted by Crippen LogP contribution is -2.39. The van der Waals surface area contributed by atoms with Crippen LogP contribution >= 0.6 is 11.6 Å². The van der Waals surface area contributed by atoms with Crippen LogP contribution in [0.2, 0.25) is 5.02 Å². The number of pyridine rings is 2. The quantitative estimate of drug-likeness (QED) is 0.447. The number of hydroxylamine groups is 1. The number of rotatable bonds is 8. The number of carbonyl (C=O) groups excluding carboxylic acids is 1. The molecule has 0 spiro atoms. The Morgan fingerprint density at radius 1 is 1.24 bits per heavy atom. The van der Waals surface area contributed by atoms with Gasteiger partial charge in [0, 0.05) is 57.2 Å². The molecule has 176 valence electrons. The fourth-order valence-electron chi connectivity index (χ4n) is 3.93. The molecule has 1 unspecified atom stereocenters. The van der Waals surface area contributed by atoms with Gasteiger partial charge >= 0.3 is 0 Å².